The summed E-state index contributed by atoms with van der Waals surface area (Å²) >= 11 is 15.0. The Morgan fingerprint density at radius 3 is 2.58 bits per heavy atom. The van der Waals surface area contributed by atoms with Gasteiger partial charge in [-0.25, -0.2) is 4.39 Å². The van der Waals surface area contributed by atoms with Crippen molar-refractivity contribution in [1.82, 2.24) is 0 Å². The van der Waals surface area contributed by atoms with Crippen LogP contribution in [0.15, 0.2) is 40.9 Å². The van der Waals surface area contributed by atoms with Crippen LogP contribution in [0, 0.1) is 5.82 Å². The molecule has 2 aromatic rings. The maximum absolute atomic E-state index is 13.1. The van der Waals surface area contributed by atoms with Crippen LogP contribution in [0.2, 0.25) is 10.0 Å². The third-order valence-corrected chi connectivity index (χ3v) is 3.92. The first-order valence-electron chi connectivity index (χ1n) is 5.54. The second-order valence-electron chi connectivity index (χ2n) is 4.13. The summed E-state index contributed by atoms with van der Waals surface area (Å²) < 4.78 is 13.5. The Hall–Kier alpha value is -0.610. The van der Waals surface area contributed by atoms with Gasteiger partial charge in [-0.05, 0) is 51.8 Å². The summed E-state index contributed by atoms with van der Waals surface area (Å²) in [7, 11) is 0. The minimum atomic E-state index is -0.788. The van der Waals surface area contributed by atoms with Crippen molar-refractivity contribution < 1.29 is 9.50 Å². The smallest absolute Gasteiger partial charge is 0.137 e. The Morgan fingerprint density at radius 2 is 1.89 bits per heavy atom. The number of hydrogen-bond donors (Lipinski definition) is 1. The van der Waals surface area contributed by atoms with E-state index in [1.165, 1.54) is 6.07 Å². The molecule has 0 saturated heterocycles. The first-order valence-corrected chi connectivity index (χ1v) is 7.09. The van der Waals surface area contributed by atoms with Crippen molar-refractivity contribution in [2.24, 2.45) is 0 Å². The summed E-state index contributed by atoms with van der Waals surface area (Å²) in [5, 5.41) is 11.2. The topological polar surface area (TPSA) is 20.2 Å². The lowest BCUT2D eigenvalue weighted by Gasteiger charge is -2.13. The van der Waals surface area contributed by atoms with Crippen LogP contribution in [-0.2, 0) is 6.42 Å². The molecule has 0 aliphatic carbocycles. The van der Waals surface area contributed by atoms with Crippen molar-refractivity contribution in [2.45, 2.75) is 12.5 Å². The summed E-state index contributed by atoms with van der Waals surface area (Å²) in [4.78, 5) is 0. The van der Waals surface area contributed by atoms with Crippen LogP contribution in [0.1, 0.15) is 17.2 Å². The Kier molecular flexibility index (Phi) is 4.85. The molecule has 1 nitrogen and oxygen atoms in total. The Morgan fingerprint density at radius 1 is 1.16 bits per heavy atom. The predicted molar refractivity (Wildman–Crippen MR) is 79.2 cm³/mol. The van der Waals surface area contributed by atoms with Crippen LogP contribution in [0.3, 0.4) is 0 Å². The van der Waals surface area contributed by atoms with E-state index in [0.717, 1.165) is 5.56 Å². The van der Waals surface area contributed by atoms with E-state index in [-0.39, 0.29) is 5.82 Å². The Labute approximate surface area is 129 Å². The molecule has 0 bridgehead atoms. The van der Waals surface area contributed by atoms with Gasteiger partial charge in [0.05, 0.1) is 10.6 Å². The van der Waals surface area contributed by atoms with Gasteiger partial charge in [-0.1, -0.05) is 29.3 Å². The molecular formula is C14H10BrCl2FO. The highest BCUT2D eigenvalue weighted by atomic mass is 79.9. The molecule has 0 heterocycles. The molecule has 0 saturated carbocycles. The Bertz CT molecular complexity index is 604. The molecule has 19 heavy (non-hydrogen) atoms. The first kappa shape index (κ1) is 14.8. The number of halogens is 4. The van der Waals surface area contributed by atoms with Gasteiger partial charge in [0.2, 0.25) is 0 Å². The minimum absolute atomic E-state index is 0.332. The van der Waals surface area contributed by atoms with Crippen LogP contribution in [0.25, 0.3) is 0 Å². The normalized spacial score (nSPS) is 12.5. The van der Waals surface area contributed by atoms with E-state index in [4.69, 9.17) is 23.2 Å². The number of benzene rings is 2. The lowest BCUT2D eigenvalue weighted by atomic mass is 10.0. The minimum Gasteiger partial charge on any atom is -0.388 e. The lowest BCUT2D eigenvalue weighted by molar-refractivity contribution is 0.178. The first-order chi connectivity index (χ1) is 8.97. The molecule has 100 valence electrons. The third-order valence-electron chi connectivity index (χ3n) is 2.73. The number of hydrogen-bond acceptors (Lipinski definition) is 1. The molecule has 1 unspecified atom stereocenters. The lowest BCUT2D eigenvalue weighted by Crippen LogP contribution is -2.03. The van der Waals surface area contributed by atoms with E-state index in [1.807, 2.05) is 0 Å². The van der Waals surface area contributed by atoms with E-state index in [9.17, 15) is 9.50 Å². The molecule has 0 fully saturated rings. The summed E-state index contributed by atoms with van der Waals surface area (Å²) in [5.74, 6) is -0.334. The molecular weight excluding hydrogens is 354 g/mol. The summed E-state index contributed by atoms with van der Waals surface area (Å²) in [6, 6.07) is 9.55. The molecule has 0 radical (unpaired) electrons. The molecule has 2 rings (SSSR count). The van der Waals surface area contributed by atoms with Gasteiger partial charge in [-0.15, -0.1) is 0 Å². The van der Waals surface area contributed by atoms with Crippen molar-refractivity contribution in [2.75, 3.05) is 0 Å². The third kappa shape index (κ3) is 3.69. The van der Waals surface area contributed by atoms with Gasteiger partial charge in [-0.2, -0.15) is 0 Å². The van der Waals surface area contributed by atoms with Crippen LogP contribution in [0.4, 0.5) is 4.39 Å². The van der Waals surface area contributed by atoms with Crippen molar-refractivity contribution in [3.63, 3.8) is 0 Å². The van der Waals surface area contributed by atoms with Crippen molar-refractivity contribution in [1.29, 1.82) is 0 Å². The highest BCUT2D eigenvalue weighted by molar-refractivity contribution is 9.10. The van der Waals surface area contributed by atoms with Crippen LogP contribution in [-0.4, -0.2) is 5.11 Å². The van der Waals surface area contributed by atoms with E-state index in [1.54, 1.807) is 30.3 Å². The predicted octanol–water partition coefficient (Wildman–Crippen LogP) is 5.17. The van der Waals surface area contributed by atoms with Gasteiger partial charge < -0.3 is 5.11 Å². The number of aliphatic hydroxyl groups excluding tert-OH is 1. The number of aliphatic hydroxyl groups is 1. The van der Waals surface area contributed by atoms with Crippen LogP contribution in [0.5, 0.6) is 0 Å². The molecule has 0 aromatic heterocycles. The second-order valence-corrected chi connectivity index (χ2v) is 5.83. The molecule has 0 aliphatic heterocycles. The highest BCUT2D eigenvalue weighted by Crippen LogP contribution is 2.29. The molecule has 1 atom stereocenters. The fraction of sp³-hybridized carbons (Fsp3) is 0.143. The molecule has 2 aromatic carbocycles. The summed E-state index contributed by atoms with van der Waals surface area (Å²) in [5.41, 5.74) is 1.37. The SMILES string of the molecule is OC(Cc1ccc(F)c(Br)c1)c1cc(Cl)ccc1Cl. The standard InChI is InChI=1S/C14H10BrCl2FO/c15-11-5-8(1-4-13(11)18)6-14(19)10-7-9(16)2-3-12(10)17/h1-5,7,14,19H,6H2. The summed E-state index contributed by atoms with van der Waals surface area (Å²) in [6.07, 6.45) is -0.456. The van der Waals surface area contributed by atoms with E-state index >= 15 is 0 Å². The number of rotatable bonds is 3. The molecule has 0 spiro atoms. The Balaban J connectivity index is 2.22. The molecule has 5 heteroatoms. The van der Waals surface area contributed by atoms with Crippen molar-refractivity contribution in [3.8, 4) is 0 Å². The quantitative estimate of drug-likeness (QED) is 0.797. The zero-order valence-electron chi connectivity index (χ0n) is 9.71. The van der Waals surface area contributed by atoms with E-state index < -0.39 is 6.10 Å². The van der Waals surface area contributed by atoms with Gasteiger partial charge in [0, 0.05) is 22.0 Å². The largest absolute Gasteiger partial charge is 0.388 e. The maximum atomic E-state index is 13.1. The maximum Gasteiger partial charge on any atom is 0.137 e. The van der Waals surface area contributed by atoms with Crippen LogP contribution >= 0.6 is 39.1 Å². The van der Waals surface area contributed by atoms with Gasteiger partial charge in [0.25, 0.3) is 0 Å². The fourth-order valence-electron chi connectivity index (χ4n) is 1.77. The zero-order chi connectivity index (χ0) is 14.0. The van der Waals surface area contributed by atoms with Gasteiger partial charge in [-0.3, -0.25) is 0 Å². The highest BCUT2D eigenvalue weighted by Gasteiger charge is 2.13. The van der Waals surface area contributed by atoms with Gasteiger partial charge in [0.15, 0.2) is 0 Å². The average Bonchev–Trinajstić information content (AvgIpc) is 2.36. The molecule has 0 amide bonds. The zero-order valence-corrected chi connectivity index (χ0v) is 12.8. The van der Waals surface area contributed by atoms with Gasteiger partial charge >= 0.3 is 0 Å². The van der Waals surface area contributed by atoms with E-state index in [0.29, 0.717) is 26.5 Å². The molecule has 0 aliphatic rings. The average molecular weight is 364 g/mol. The molecule has 1 N–H and O–H groups in total. The van der Waals surface area contributed by atoms with Crippen molar-refractivity contribution in [3.05, 3.63) is 67.9 Å². The second kappa shape index (κ2) is 6.23. The van der Waals surface area contributed by atoms with Gasteiger partial charge in [0.1, 0.15) is 5.82 Å². The van der Waals surface area contributed by atoms with Crippen LogP contribution < -0.4 is 0 Å². The fourth-order valence-corrected chi connectivity index (χ4v) is 2.62. The van der Waals surface area contributed by atoms with Crippen molar-refractivity contribution >= 4 is 39.1 Å². The van der Waals surface area contributed by atoms with E-state index in [2.05, 4.69) is 15.9 Å². The monoisotopic (exact) mass is 362 g/mol. The summed E-state index contributed by atoms with van der Waals surface area (Å²) in [6.45, 7) is 0.